The Balaban J connectivity index is 1.76. The van der Waals surface area contributed by atoms with Crippen LogP contribution in [0.2, 0.25) is 0 Å². The third-order valence-corrected chi connectivity index (χ3v) is 4.21. The Morgan fingerprint density at radius 3 is 2.38 bits per heavy atom. The van der Waals surface area contributed by atoms with Crippen molar-refractivity contribution in [3.05, 3.63) is 11.7 Å². The van der Waals surface area contributed by atoms with Gasteiger partial charge in [-0.2, -0.15) is 4.98 Å². The molecule has 2 unspecified atom stereocenters. The van der Waals surface area contributed by atoms with Gasteiger partial charge in [-0.3, -0.25) is 0 Å². The summed E-state index contributed by atoms with van der Waals surface area (Å²) in [7, 11) is 0. The van der Waals surface area contributed by atoms with E-state index in [1.54, 1.807) is 0 Å². The zero-order valence-electron chi connectivity index (χ0n) is 10.1. The summed E-state index contributed by atoms with van der Waals surface area (Å²) < 4.78 is 5.43. The predicted molar refractivity (Wildman–Crippen MR) is 61.2 cm³/mol. The van der Waals surface area contributed by atoms with Gasteiger partial charge < -0.3 is 4.52 Å². The first-order valence-corrected chi connectivity index (χ1v) is 6.56. The SMILES string of the molecule is CC(C)c1noc(C2CC3CCC(C3)C2)n1. The first-order chi connectivity index (χ1) is 7.72. The van der Waals surface area contributed by atoms with Gasteiger partial charge in [-0.15, -0.1) is 0 Å². The highest BCUT2D eigenvalue weighted by molar-refractivity contribution is 5.01. The fraction of sp³-hybridized carbons (Fsp3) is 0.846. The molecule has 2 aliphatic rings. The molecule has 2 aliphatic carbocycles. The van der Waals surface area contributed by atoms with Crippen molar-refractivity contribution in [2.45, 2.75) is 57.8 Å². The minimum absolute atomic E-state index is 0.373. The van der Waals surface area contributed by atoms with Crippen LogP contribution in [0.25, 0.3) is 0 Å². The number of hydrogen-bond donors (Lipinski definition) is 0. The van der Waals surface area contributed by atoms with E-state index in [1.165, 1.54) is 32.1 Å². The Morgan fingerprint density at radius 2 is 1.81 bits per heavy atom. The summed E-state index contributed by atoms with van der Waals surface area (Å²) in [5.74, 6) is 4.55. The summed E-state index contributed by atoms with van der Waals surface area (Å²) in [5, 5.41) is 4.08. The summed E-state index contributed by atoms with van der Waals surface area (Å²) in [6.07, 6.45) is 6.84. The smallest absolute Gasteiger partial charge is 0.229 e. The fourth-order valence-electron chi connectivity index (χ4n) is 3.36. The molecule has 3 rings (SSSR count). The molecule has 2 atom stereocenters. The number of nitrogens with zero attached hydrogens (tertiary/aromatic N) is 2. The van der Waals surface area contributed by atoms with Crippen LogP contribution in [0.5, 0.6) is 0 Å². The molecule has 0 aliphatic heterocycles. The second-order valence-corrected chi connectivity index (χ2v) is 5.86. The van der Waals surface area contributed by atoms with Crippen molar-refractivity contribution < 1.29 is 4.52 Å². The van der Waals surface area contributed by atoms with E-state index in [0.29, 0.717) is 11.8 Å². The van der Waals surface area contributed by atoms with E-state index in [0.717, 1.165) is 23.6 Å². The summed E-state index contributed by atoms with van der Waals surface area (Å²) in [4.78, 5) is 4.55. The number of rotatable bonds is 2. The van der Waals surface area contributed by atoms with Gasteiger partial charge in [0.05, 0.1) is 0 Å². The lowest BCUT2D eigenvalue weighted by Crippen LogP contribution is -2.14. The van der Waals surface area contributed by atoms with Gasteiger partial charge in [-0.05, 0) is 31.1 Å². The molecule has 0 radical (unpaired) electrons. The minimum Gasteiger partial charge on any atom is -0.339 e. The van der Waals surface area contributed by atoms with Gasteiger partial charge in [0.15, 0.2) is 5.82 Å². The van der Waals surface area contributed by atoms with Crippen molar-refractivity contribution >= 4 is 0 Å². The first-order valence-electron chi connectivity index (χ1n) is 6.56. The van der Waals surface area contributed by atoms with Gasteiger partial charge in [0.1, 0.15) is 0 Å². The predicted octanol–water partition coefficient (Wildman–Crippen LogP) is 3.49. The lowest BCUT2D eigenvalue weighted by atomic mass is 9.81. The van der Waals surface area contributed by atoms with E-state index in [2.05, 4.69) is 24.0 Å². The molecule has 88 valence electrons. The zero-order valence-corrected chi connectivity index (χ0v) is 10.1. The van der Waals surface area contributed by atoms with Crippen molar-refractivity contribution in [1.29, 1.82) is 0 Å². The maximum atomic E-state index is 5.43. The molecule has 3 nitrogen and oxygen atoms in total. The van der Waals surface area contributed by atoms with E-state index >= 15 is 0 Å². The lowest BCUT2D eigenvalue weighted by Gasteiger charge is -2.24. The topological polar surface area (TPSA) is 38.9 Å². The third kappa shape index (κ3) is 1.76. The van der Waals surface area contributed by atoms with Crippen LogP contribution >= 0.6 is 0 Å². The standard InChI is InChI=1S/C13H20N2O/c1-8(2)12-14-13(16-15-12)11-6-9-3-4-10(5-9)7-11/h8-11H,3-7H2,1-2H3. The highest BCUT2D eigenvalue weighted by Gasteiger charge is 2.37. The highest BCUT2D eigenvalue weighted by atomic mass is 16.5. The summed E-state index contributed by atoms with van der Waals surface area (Å²) in [5.41, 5.74) is 0. The third-order valence-electron chi connectivity index (χ3n) is 4.21. The van der Waals surface area contributed by atoms with Crippen LogP contribution in [0, 0.1) is 11.8 Å². The van der Waals surface area contributed by atoms with Gasteiger partial charge in [0.2, 0.25) is 5.89 Å². The molecule has 2 bridgehead atoms. The van der Waals surface area contributed by atoms with Gasteiger partial charge in [-0.1, -0.05) is 31.8 Å². The Kier molecular flexibility index (Phi) is 2.49. The fourth-order valence-corrected chi connectivity index (χ4v) is 3.36. The van der Waals surface area contributed by atoms with Crippen LogP contribution < -0.4 is 0 Å². The average molecular weight is 220 g/mol. The number of aromatic nitrogens is 2. The molecule has 3 heteroatoms. The second-order valence-electron chi connectivity index (χ2n) is 5.86. The van der Waals surface area contributed by atoms with E-state index in [1.807, 2.05) is 0 Å². The van der Waals surface area contributed by atoms with Crippen molar-refractivity contribution in [3.8, 4) is 0 Å². The van der Waals surface area contributed by atoms with Crippen molar-refractivity contribution in [3.63, 3.8) is 0 Å². The van der Waals surface area contributed by atoms with Crippen molar-refractivity contribution in [2.24, 2.45) is 11.8 Å². The van der Waals surface area contributed by atoms with Crippen molar-refractivity contribution in [2.75, 3.05) is 0 Å². The van der Waals surface area contributed by atoms with E-state index < -0.39 is 0 Å². The lowest BCUT2D eigenvalue weighted by molar-refractivity contribution is 0.260. The normalized spacial score (nSPS) is 33.6. The van der Waals surface area contributed by atoms with E-state index in [4.69, 9.17) is 4.52 Å². The van der Waals surface area contributed by atoms with Crippen LogP contribution in [0.15, 0.2) is 4.52 Å². The molecular weight excluding hydrogens is 200 g/mol. The largest absolute Gasteiger partial charge is 0.339 e. The molecule has 0 aromatic carbocycles. The Morgan fingerprint density at radius 1 is 1.12 bits per heavy atom. The molecule has 1 heterocycles. The molecule has 0 N–H and O–H groups in total. The van der Waals surface area contributed by atoms with Crippen LogP contribution in [-0.4, -0.2) is 10.1 Å². The molecule has 0 amide bonds. The number of hydrogen-bond acceptors (Lipinski definition) is 3. The quantitative estimate of drug-likeness (QED) is 0.765. The van der Waals surface area contributed by atoms with Crippen LogP contribution in [0.4, 0.5) is 0 Å². The molecule has 1 aromatic heterocycles. The maximum Gasteiger partial charge on any atom is 0.229 e. The average Bonchev–Trinajstić information content (AvgIpc) is 2.85. The summed E-state index contributed by atoms with van der Waals surface area (Å²) >= 11 is 0. The second kappa shape index (κ2) is 3.86. The molecule has 1 aromatic rings. The molecule has 0 saturated heterocycles. The Labute approximate surface area is 96.6 Å². The van der Waals surface area contributed by atoms with Gasteiger partial charge in [0, 0.05) is 11.8 Å². The maximum absolute atomic E-state index is 5.43. The van der Waals surface area contributed by atoms with Gasteiger partial charge in [0.25, 0.3) is 0 Å². The zero-order chi connectivity index (χ0) is 11.1. The van der Waals surface area contributed by atoms with E-state index in [9.17, 15) is 0 Å². The van der Waals surface area contributed by atoms with E-state index in [-0.39, 0.29) is 0 Å². The minimum atomic E-state index is 0.373. The van der Waals surface area contributed by atoms with Crippen LogP contribution in [0.1, 0.15) is 69.5 Å². The van der Waals surface area contributed by atoms with Crippen LogP contribution in [-0.2, 0) is 0 Å². The number of fused-ring (bicyclic) bond motifs is 2. The Hall–Kier alpha value is -0.860. The van der Waals surface area contributed by atoms with Gasteiger partial charge in [-0.25, -0.2) is 0 Å². The van der Waals surface area contributed by atoms with Gasteiger partial charge >= 0.3 is 0 Å². The molecule has 2 fully saturated rings. The molecule has 0 spiro atoms. The molecule has 16 heavy (non-hydrogen) atoms. The monoisotopic (exact) mass is 220 g/mol. The molecular formula is C13H20N2O. The molecule has 2 saturated carbocycles. The Bertz CT molecular complexity index is 360. The van der Waals surface area contributed by atoms with Crippen LogP contribution in [0.3, 0.4) is 0 Å². The summed E-state index contributed by atoms with van der Waals surface area (Å²) in [6, 6.07) is 0. The first kappa shape index (κ1) is 10.3. The van der Waals surface area contributed by atoms with Crippen molar-refractivity contribution in [1.82, 2.24) is 10.1 Å². The summed E-state index contributed by atoms with van der Waals surface area (Å²) in [6.45, 7) is 4.22. The highest BCUT2D eigenvalue weighted by Crippen LogP contribution is 2.47.